The molecule has 80 valence electrons. The van der Waals surface area contributed by atoms with Crippen molar-refractivity contribution >= 4 is 0 Å². The van der Waals surface area contributed by atoms with Crippen LogP contribution in [0.4, 0.5) is 0 Å². The van der Waals surface area contributed by atoms with Crippen molar-refractivity contribution < 1.29 is 0 Å². The summed E-state index contributed by atoms with van der Waals surface area (Å²) in [6.45, 7) is 10.4. The Labute approximate surface area is 84.5 Å². The molecule has 0 bridgehead atoms. The highest BCUT2D eigenvalue weighted by Gasteiger charge is 2.11. The van der Waals surface area contributed by atoms with Crippen LogP contribution in [0.3, 0.4) is 0 Å². The minimum Gasteiger partial charge on any atom is -0.303 e. The van der Waals surface area contributed by atoms with Crippen molar-refractivity contribution in [1.82, 2.24) is 4.90 Å². The molecule has 1 atom stereocenters. The van der Waals surface area contributed by atoms with Gasteiger partial charge in [-0.05, 0) is 38.8 Å². The second kappa shape index (κ2) is 7.37. The highest BCUT2D eigenvalue weighted by atomic mass is 15.1. The van der Waals surface area contributed by atoms with Gasteiger partial charge in [0, 0.05) is 6.04 Å². The van der Waals surface area contributed by atoms with E-state index in [9.17, 15) is 0 Å². The fraction of sp³-hybridized carbons (Fsp3) is 1.00. The van der Waals surface area contributed by atoms with Crippen LogP contribution in [0.15, 0.2) is 0 Å². The Kier molecular flexibility index (Phi) is 7.35. The molecule has 0 fully saturated rings. The Morgan fingerprint density at radius 1 is 1.08 bits per heavy atom. The molecule has 0 radical (unpaired) electrons. The quantitative estimate of drug-likeness (QED) is 0.586. The monoisotopic (exact) mass is 185 g/mol. The lowest BCUT2D eigenvalue weighted by Crippen LogP contribution is -2.32. The molecule has 0 amide bonds. The Bertz CT molecular complexity index is 110. The summed E-state index contributed by atoms with van der Waals surface area (Å²) >= 11 is 0. The van der Waals surface area contributed by atoms with Gasteiger partial charge in [-0.15, -0.1) is 0 Å². The smallest absolute Gasteiger partial charge is 0.00894 e. The van der Waals surface area contributed by atoms with Gasteiger partial charge >= 0.3 is 0 Å². The molecule has 0 spiro atoms. The summed E-state index contributed by atoms with van der Waals surface area (Å²) in [6.07, 6.45) is 5.29. The lowest BCUT2D eigenvalue weighted by Gasteiger charge is -2.27. The van der Waals surface area contributed by atoms with Crippen LogP contribution >= 0.6 is 0 Å². The zero-order valence-corrected chi connectivity index (χ0v) is 10.1. The maximum atomic E-state index is 2.53. The fourth-order valence-corrected chi connectivity index (χ4v) is 1.71. The summed E-state index contributed by atoms with van der Waals surface area (Å²) in [6, 6.07) is 0.809. The van der Waals surface area contributed by atoms with Crippen LogP contribution in [0.2, 0.25) is 0 Å². The van der Waals surface area contributed by atoms with Crippen LogP contribution in [0, 0.1) is 5.92 Å². The molecule has 1 heteroatoms. The van der Waals surface area contributed by atoms with E-state index in [-0.39, 0.29) is 0 Å². The molecule has 0 aromatic rings. The molecule has 0 N–H and O–H groups in total. The molecule has 0 aromatic heterocycles. The fourth-order valence-electron chi connectivity index (χ4n) is 1.71. The third-order valence-electron chi connectivity index (χ3n) is 2.78. The van der Waals surface area contributed by atoms with Crippen molar-refractivity contribution in [1.29, 1.82) is 0 Å². The van der Waals surface area contributed by atoms with Crippen LogP contribution in [0.1, 0.15) is 53.4 Å². The van der Waals surface area contributed by atoms with Gasteiger partial charge in [0.2, 0.25) is 0 Å². The van der Waals surface area contributed by atoms with Gasteiger partial charge in [-0.3, -0.25) is 0 Å². The van der Waals surface area contributed by atoms with Gasteiger partial charge in [0.1, 0.15) is 0 Å². The molecule has 0 aromatic carbocycles. The SMILES string of the molecule is CCCC(CC)N(C)CCC(C)C. The van der Waals surface area contributed by atoms with Crippen LogP contribution in [-0.2, 0) is 0 Å². The van der Waals surface area contributed by atoms with Gasteiger partial charge in [0.15, 0.2) is 0 Å². The number of hydrogen-bond acceptors (Lipinski definition) is 1. The molecule has 1 unspecified atom stereocenters. The standard InChI is InChI=1S/C12H27N/c1-6-8-12(7-2)13(5)10-9-11(3)4/h11-12H,6-10H2,1-5H3. The van der Waals surface area contributed by atoms with Crippen LogP contribution in [0.25, 0.3) is 0 Å². The first-order chi connectivity index (χ1) is 6.11. The van der Waals surface area contributed by atoms with Crippen molar-refractivity contribution in [3.63, 3.8) is 0 Å². The highest BCUT2D eigenvalue weighted by molar-refractivity contribution is 4.66. The van der Waals surface area contributed by atoms with Crippen molar-refractivity contribution in [3.05, 3.63) is 0 Å². The molecule has 0 aliphatic heterocycles. The van der Waals surface area contributed by atoms with Crippen LogP contribution < -0.4 is 0 Å². The second-order valence-corrected chi connectivity index (χ2v) is 4.51. The average Bonchev–Trinajstić information content (AvgIpc) is 2.10. The van der Waals surface area contributed by atoms with E-state index in [1.54, 1.807) is 0 Å². The maximum Gasteiger partial charge on any atom is 0.00894 e. The van der Waals surface area contributed by atoms with Crippen molar-refractivity contribution in [2.45, 2.75) is 59.4 Å². The maximum absolute atomic E-state index is 2.53. The number of hydrogen-bond donors (Lipinski definition) is 0. The van der Waals surface area contributed by atoms with Gasteiger partial charge in [-0.1, -0.05) is 34.1 Å². The van der Waals surface area contributed by atoms with E-state index in [4.69, 9.17) is 0 Å². The average molecular weight is 185 g/mol. The molecule has 13 heavy (non-hydrogen) atoms. The van der Waals surface area contributed by atoms with Crippen LogP contribution in [0.5, 0.6) is 0 Å². The molecule has 1 nitrogen and oxygen atoms in total. The van der Waals surface area contributed by atoms with E-state index in [0.29, 0.717) is 0 Å². The van der Waals surface area contributed by atoms with Gasteiger partial charge in [-0.2, -0.15) is 0 Å². The Morgan fingerprint density at radius 2 is 1.69 bits per heavy atom. The third kappa shape index (κ3) is 6.09. The molecule has 0 aliphatic carbocycles. The van der Waals surface area contributed by atoms with E-state index in [1.165, 1.54) is 32.2 Å². The van der Waals surface area contributed by atoms with Crippen molar-refractivity contribution in [2.24, 2.45) is 5.92 Å². The van der Waals surface area contributed by atoms with Gasteiger partial charge in [-0.25, -0.2) is 0 Å². The van der Waals surface area contributed by atoms with Crippen molar-refractivity contribution in [2.75, 3.05) is 13.6 Å². The van der Waals surface area contributed by atoms with Crippen LogP contribution in [-0.4, -0.2) is 24.5 Å². The first kappa shape index (κ1) is 13.0. The molecule has 0 rings (SSSR count). The van der Waals surface area contributed by atoms with E-state index in [0.717, 1.165) is 12.0 Å². The minimum atomic E-state index is 0.809. The summed E-state index contributed by atoms with van der Waals surface area (Å²) in [5.41, 5.74) is 0. The van der Waals surface area contributed by atoms with E-state index < -0.39 is 0 Å². The third-order valence-corrected chi connectivity index (χ3v) is 2.78. The topological polar surface area (TPSA) is 3.24 Å². The molecular formula is C12H27N. The predicted octanol–water partition coefficient (Wildman–Crippen LogP) is 3.54. The first-order valence-corrected chi connectivity index (χ1v) is 5.82. The zero-order valence-electron chi connectivity index (χ0n) is 10.1. The molecular weight excluding hydrogens is 158 g/mol. The Balaban J connectivity index is 3.69. The summed E-state index contributed by atoms with van der Waals surface area (Å²) in [5, 5.41) is 0. The Hall–Kier alpha value is -0.0400. The molecule has 0 saturated carbocycles. The lowest BCUT2D eigenvalue weighted by atomic mass is 10.1. The number of nitrogens with zero attached hydrogens (tertiary/aromatic N) is 1. The van der Waals surface area contributed by atoms with E-state index in [2.05, 4.69) is 39.6 Å². The van der Waals surface area contributed by atoms with E-state index >= 15 is 0 Å². The summed E-state index contributed by atoms with van der Waals surface area (Å²) in [4.78, 5) is 2.53. The van der Waals surface area contributed by atoms with Crippen molar-refractivity contribution in [3.8, 4) is 0 Å². The lowest BCUT2D eigenvalue weighted by molar-refractivity contribution is 0.212. The predicted molar refractivity (Wildman–Crippen MR) is 61.1 cm³/mol. The normalized spacial score (nSPS) is 14.1. The van der Waals surface area contributed by atoms with Gasteiger partial charge < -0.3 is 4.90 Å². The largest absolute Gasteiger partial charge is 0.303 e. The second-order valence-electron chi connectivity index (χ2n) is 4.51. The molecule has 0 heterocycles. The minimum absolute atomic E-state index is 0.809. The summed E-state index contributed by atoms with van der Waals surface area (Å²) < 4.78 is 0. The molecule has 0 saturated heterocycles. The van der Waals surface area contributed by atoms with E-state index in [1.807, 2.05) is 0 Å². The molecule has 0 aliphatic rings. The zero-order chi connectivity index (χ0) is 10.3. The summed E-state index contributed by atoms with van der Waals surface area (Å²) in [5.74, 6) is 0.835. The van der Waals surface area contributed by atoms with Gasteiger partial charge in [0.25, 0.3) is 0 Å². The van der Waals surface area contributed by atoms with Gasteiger partial charge in [0.05, 0.1) is 0 Å². The highest BCUT2D eigenvalue weighted by Crippen LogP contribution is 2.11. The summed E-state index contributed by atoms with van der Waals surface area (Å²) in [7, 11) is 2.27. The Morgan fingerprint density at radius 3 is 2.08 bits per heavy atom. The number of rotatable bonds is 7. The first-order valence-electron chi connectivity index (χ1n) is 5.82.